The molecule has 0 radical (unpaired) electrons. The summed E-state index contributed by atoms with van der Waals surface area (Å²) < 4.78 is 12.9. The normalized spacial score (nSPS) is 14.2. The van der Waals surface area contributed by atoms with E-state index >= 15 is 0 Å². The Hall–Kier alpha value is -1.74. The van der Waals surface area contributed by atoms with E-state index < -0.39 is 0 Å². The topological polar surface area (TPSA) is 24.9 Å². The Balaban J connectivity index is 2.14. The molecular weight excluding hydrogens is 251 g/mol. The Morgan fingerprint density at radius 1 is 1.00 bits per heavy atom. The number of hydrogen-bond acceptors (Lipinski definition) is 2. The zero-order valence-electron chi connectivity index (χ0n) is 12.2. The van der Waals surface area contributed by atoms with E-state index in [-0.39, 0.29) is 17.9 Å². The van der Waals surface area contributed by atoms with E-state index in [2.05, 4.69) is 43.2 Å². The highest BCUT2D eigenvalue weighted by molar-refractivity contribution is 5.20. The first-order valence-corrected chi connectivity index (χ1v) is 7.00. The third kappa shape index (κ3) is 3.64. The van der Waals surface area contributed by atoms with Gasteiger partial charge in [0.25, 0.3) is 0 Å². The van der Waals surface area contributed by atoms with Gasteiger partial charge in [-0.15, -0.1) is 0 Å². The summed E-state index contributed by atoms with van der Waals surface area (Å²) >= 11 is 0. The molecule has 106 valence electrons. The number of halogens is 1. The summed E-state index contributed by atoms with van der Waals surface area (Å²) in [6.07, 6.45) is 1.26. The van der Waals surface area contributed by atoms with Crippen molar-refractivity contribution in [1.82, 2.24) is 10.3 Å². The van der Waals surface area contributed by atoms with Crippen molar-refractivity contribution in [2.45, 2.75) is 32.9 Å². The number of nitrogens with one attached hydrogen (secondary N) is 1. The van der Waals surface area contributed by atoms with Gasteiger partial charge in [-0.2, -0.15) is 0 Å². The second-order valence-electron chi connectivity index (χ2n) is 5.42. The quantitative estimate of drug-likeness (QED) is 0.879. The van der Waals surface area contributed by atoms with Gasteiger partial charge in [0.15, 0.2) is 0 Å². The highest BCUT2D eigenvalue weighted by Gasteiger charge is 2.19. The van der Waals surface area contributed by atoms with Gasteiger partial charge in [0, 0.05) is 12.1 Å². The van der Waals surface area contributed by atoms with Crippen LogP contribution in [0.1, 0.15) is 44.1 Å². The van der Waals surface area contributed by atoms with Crippen LogP contribution in [0.2, 0.25) is 0 Å². The van der Waals surface area contributed by atoms with Crippen molar-refractivity contribution in [3.63, 3.8) is 0 Å². The van der Waals surface area contributed by atoms with Crippen molar-refractivity contribution in [3.05, 3.63) is 65.7 Å². The molecule has 0 spiro atoms. The predicted molar refractivity (Wildman–Crippen MR) is 79.8 cm³/mol. The van der Waals surface area contributed by atoms with Crippen molar-refractivity contribution >= 4 is 0 Å². The number of hydrogen-bond donors (Lipinski definition) is 1. The van der Waals surface area contributed by atoms with E-state index in [0.29, 0.717) is 5.92 Å². The van der Waals surface area contributed by atoms with Crippen LogP contribution in [-0.2, 0) is 0 Å². The Morgan fingerprint density at radius 2 is 1.70 bits per heavy atom. The van der Waals surface area contributed by atoms with E-state index in [9.17, 15) is 4.39 Å². The molecule has 1 aromatic carbocycles. The van der Waals surface area contributed by atoms with Crippen molar-refractivity contribution in [2.24, 2.45) is 5.92 Å². The molecule has 0 bridgehead atoms. The van der Waals surface area contributed by atoms with Crippen LogP contribution in [0.25, 0.3) is 0 Å². The van der Waals surface area contributed by atoms with Crippen molar-refractivity contribution in [1.29, 1.82) is 0 Å². The molecule has 0 amide bonds. The number of aromatic nitrogens is 1. The molecule has 2 atom stereocenters. The third-order valence-corrected chi connectivity index (χ3v) is 3.45. The summed E-state index contributed by atoms with van der Waals surface area (Å²) in [4.78, 5) is 4.15. The second-order valence-corrected chi connectivity index (χ2v) is 5.42. The number of rotatable bonds is 5. The molecule has 1 aromatic heterocycles. The van der Waals surface area contributed by atoms with E-state index in [1.165, 1.54) is 17.8 Å². The lowest BCUT2D eigenvalue weighted by molar-refractivity contribution is 0.370. The molecule has 0 saturated carbocycles. The monoisotopic (exact) mass is 272 g/mol. The summed E-state index contributed by atoms with van der Waals surface area (Å²) in [5.74, 6) is 0.157. The number of nitrogens with zero attached hydrogens (tertiary/aromatic N) is 1. The van der Waals surface area contributed by atoms with Gasteiger partial charge in [-0.3, -0.25) is 4.98 Å². The standard InChI is InChI=1S/C17H21FN2/c1-12(2)17(14-7-5-4-6-8-14)20-13(3)16-10-9-15(18)11-19-16/h4-13,17,20H,1-3H3. The highest BCUT2D eigenvalue weighted by atomic mass is 19.1. The molecule has 20 heavy (non-hydrogen) atoms. The van der Waals surface area contributed by atoms with Crippen LogP contribution in [0.5, 0.6) is 0 Å². The average molecular weight is 272 g/mol. The fourth-order valence-electron chi connectivity index (χ4n) is 2.33. The van der Waals surface area contributed by atoms with Crippen LogP contribution in [0.4, 0.5) is 4.39 Å². The maximum atomic E-state index is 12.9. The molecule has 2 aromatic rings. The summed E-state index contributed by atoms with van der Waals surface area (Å²) in [7, 11) is 0. The zero-order valence-corrected chi connectivity index (χ0v) is 12.2. The van der Waals surface area contributed by atoms with Crippen LogP contribution in [0.3, 0.4) is 0 Å². The van der Waals surface area contributed by atoms with Crippen LogP contribution < -0.4 is 5.32 Å². The Morgan fingerprint density at radius 3 is 2.25 bits per heavy atom. The van der Waals surface area contributed by atoms with Crippen molar-refractivity contribution in [2.75, 3.05) is 0 Å². The molecule has 0 aliphatic rings. The van der Waals surface area contributed by atoms with E-state index in [0.717, 1.165) is 5.69 Å². The zero-order chi connectivity index (χ0) is 14.5. The highest BCUT2D eigenvalue weighted by Crippen LogP contribution is 2.25. The molecule has 2 unspecified atom stereocenters. The molecule has 2 nitrogen and oxygen atoms in total. The predicted octanol–water partition coefficient (Wildman–Crippen LogP) is 4.27. The summed E-state index contributed by atoms with van der Waals surface area (Å²) in [6, 6.07) is 13.9. The third-order valence-electron chi connectivity index (χ3n) is 3.45. The SMILES string of the molecule is CC(NC(c1ccccc1)C(C)C)c1ccc(F)cn1. The lowest BCUT2D eigenvalue weighted by Crippen LogP contribution is -2.28. The molecule has 2 rings (SSSR count). The van der Waals surface area contributed by atoms with E-state index in [1.807, 2.05) is 18.2 Å². The minimum Gasteiger partial charge on any atom is -0.302 e. The van der Waals surface area contributed by atoms with Gasteiger partial charge in [0.2, 0.25) is 0 Å². The van der Waals surface area contributed by atoms with Gasteiger partial charge in [-0.1, -0.05) is 44.2 Å². The van der Waals surface area contributed by atoms with E-state index in [4.69, 9.17) is 0 Å². The molecule has 1 heterocycles. The lowest BCUT2D eigenvalue weighted by Gasteiger charge is -2.26. The van der Waals surface area contributed by atoms with Crippen LogP contribution in [0, 0.1) is 11.7 Å². The van der Waals surface area contributed by atoms with Crippen molar-refractivity contribution in [3.8, 4) is 0 Å². The maximum Gasteiger partial charge on any atom is 0.141 e. The summed E-state index contributed by atoms with van der Waals surface area (Å²) in [5.41, 5.74) is 2.12. The van der Waals surface area contributed by atoms with Gasteiger partial charge >= 0.3 is 0 Å². The smallest absolute Gasteiger partial charge is 0.141 e. The Kier molecular flexibility index (Phi) is 4.85. The molecule has 0 fully saturated rings. The number of pyridine rings is 1. The fourth-order valence-corrected chi connectivity index (χ4v) is 2.33. The molecule has 1 N–H and O–H groups in total. The number of benzene rings is 1. The summed E-state index contributed by atoms with van der Waals surface area (Å²) in [5, 5.41) is 3.58. The van der Waals surface area contributed by atoms with Gasteiger partial charge in [-0.05, 0) is 30.5 Å². The minimum atomic E-state index is -0.301. The first-order valence-electron chi connectivity index (χ1n) is 7.00. The van der Waals surface area contributed by atoms with Gasteiger partial charge in [0.05, 0.1) is 11.9 Å². The van der Waals surface area contributed by atoms with Crippen molar-refractivity contribution < 1.29 is 4.39 Å². The molecule has 0 aliphatic carbocycles. The molecule has 0 saturated heterocycles. The Bertz CT molecular complexity index is 522. The Labute approximate surface area is 120 Å². The summed E-state index contributed by atoms with van der Waals surface area (Å²) in [6.45, 7) is 6.43. The van der Waals surface area contributed by atoms with Crippen LogP contribution >= 0.6 is 0 Å². The largest absolute Gasteiger partial charge is 0.302 e. The van der Waals surface area contributed by atoms with Gasteiger partial charge in [0.1, 0.15) is 5.82 Å². The maximum absolute atomic E-state index is 12.9. The van der Waals surface area contributed by atoms with Crippen LogP contribution in [0.15, 0.2) is 48.7 Å². The first kappa shape index (κ1) is 14.7. The molecule has 0 aliphatic heterocycles. The average Bonchev–Trinajstić information content (AvgIpc) is 2.46. The van der Waals surface area contributed by atoms with Gasteiger partial charge < -0.3 is 5.32 Å². The minimum absolute atomic E-state index is 0.0724. The fraction of sp³-hybridized carbons (Fsp3) is 0.353. The first-order chi connectivity index (χ1) is 9.58. The lowest BCUT2D eigenvalue weighted by atomic mass is 9.95. The van der Waals surface area contributed by atoms with Crippen LogP contribution in [-0.4, -0.2) is 4.98 Å². The van der Waals surface area contributed by atoms with Gasteiger partial charge in [-0.25, -0.2) is 4.39 Å². The molecular formula is C17H21FN2. The molecule has 3 heteroatoms. The van der Waals surface area contributed by atoms with E-state index in [1.54, 1.807) is 6.07 Å². The second kappa shape index (κ2) is 6.62.